The molecule has 1 atom stereocenters. The van der Waals surface area contributed by atoms with Gasteiger partial charge in [0, 0.05) is 38.2 Å². The summed E-state index contributed by atoms with van der Waals surface area (Å²) in [6, 6.07) is 14.1. The number of sulfonamides is 1. The van der Waals surface area contributed by atoms with Gasteiger partial charge in [0.2, 0.25) is 10.0 Å². The number of aromatic amines is 1. The van der Waals surface area contributed by atoms with Gasteiger partial charge in [-0.25, -0.2) is 22.9 Å². The maximum absolute atomic E-state index is 11.7. The third-order valence-electron chi connectivity index (χ3n) is 9.72. The van der Waals surface area contributed by atoms with Crippen LogP contribution in [0.2, 0.25) is 0 Å². The number of aryl methyl sites for hydroxylation is 3. The number of rotatable bonds is 9. The molecule has 4 heterocycles. The van der Waals surface area contributed by atoms with Gasteiger partial charge in [-0.3, -0.25) is 18.7 Å². The maximum Gasteiger partial charge on any atom is 0.332 e. The van der Waals surface area contributed by atoms with E-state index in [9.17, 15) is 22.8 Å². The average Bonchev–Trinajstić information content (AvgIpc) is 3.73. The molecule has 6 rings (SSSR count). The average molecular weight is 736 g/mol. The van der Waals surface area contributed by atoms with Gasteiger partial charge >= 0.3 is 11.7 Å². The Morgan fingerprint density at radius 2 is 1.62 bits per heavy atom. The number of nitrogens with one attached hydrogen (secondary N) is 2. The van der Waals surface area contributed by atoms with E-state index in [-0.39, 0.29) is 17.0 Å². The number of H-pyrrole nitrogens is 1. The molecule has 0 radical (unpaired) electrons. The molecular weight excluding hydrogens is 683 g/mol. The Morgan fingerprint density at radius 3 is 2.21 bits per heavy atom. The zero-order chi connectivity index (χ0) is 38.3. The van der Waals surface area contributed by atoms with Crippen molar-refractivity contribution in [1.29, 1.82) is 0 Å². The van der Waals surface area contributed by atoms with Crippen LogP contribution in [0.3, 0.4) is 0 Å². The molecular formula is C38H53N7O6S. The zero-order valence-corrected chi connectivity index (χ0v) is 32.3. The van der Waals surface area contributed by atoms with Crippen LogP contribution in [-0.4, -0.2) is 81.0 Å². The highest BCUT2D eigenvalue weighted by molar-refractivity contribution is 7.89. The lowest BCUT2D eigenvalue weighted by Crippen LogP contribution is -2.37. The molecule has 14 heteroatoms. The molecule has 3 aromatic heterocycles. The van der Waals surface area contributed by atoms with Crippen molar-refractivity contribution < 1.29 is 18.3 Å². The fourth-order valence-corrected chi connectivity index (χ4v) is 7.09. The second-order valence-electron chi connectivity index (χ2n) is 14.1. The number of carboxylic acid groups (broad SMARTS) is 1. The number of hydrogen-bond donors (Lipinski definition) is 3. The highest BCUT2D eigenvalue weighted by Gasteiger charge is 2.21. The fourth-order valence-electron chi connectivity index (χ4n) is 6.38. The summed E-state index contributed by atoms with van der Waals surface area (Å²) in [4.78, 5) is 43.7. The van der Waals surface area contributed by atoms with Gasteiger partial charge in [-0.1, -0.05) is 44.2 Å². The third kappa shape index (κ3) is 9.87. The van der Waals surface area contributed by atoms with E-state index in [1.807, 2.05) is 30.3 Å². The zero-order valence-electron chi connectivity index (χ0n) is 31.5. The van der Waals surface area contributed by atoms with E-state index in [0.29, 0.717) is 29.4 Å². The lowest BCUT2D eigenvalue weighted by atomic mass is 9.89. The summed E-state index contributed by atoms with van der Waals surface area (Å²) >= 11 is 0. The molecule has 2 aromatic carbocycles. The van der Waals surface area contributed by atoms with E-state index < -0.39 is 21.9 Å². The molecule has 5 aromatic rings. The lowest BCUT2D eigenvalue weighted by molar-refractivity contribution is -0.138. The number of hydrogen-bond acceptors (Lipinski definition) is 7. The summed E-state index contributed by atoms with van der Waals surface area (Å²) in [5, 5.41) is 10.1. The quantitative estimate of drug-likeness (QED) is 0.204. The monoisotopic (exact) mass is 735 g/mol. The first-order chi connectivity index (χ1) is 24.5. The number of carbonyl (C=O) groups is 1. The van der Waals surface area contributed by atoms with Crippen molar-refractivity contribution in [2.75, 3.05) is 32.9 Å². The molecule has 0 amide bonds. The molecule has 0 saturated carbocycles. The van der Waals surface area contributed by atoms with Gasteiger partial charge in [-0.05, 0) is 106 Å². The van der Waals surface area contributed by atoms with Crippen molar-refractivity contribution in [2.45, 2.75) is 58.3 Å². The SMILES string of the molecule is CC(C)Cc1ccc(C(C)C(=O)O)cc1.CNS(=O)(=O)CCc1ccc2[nH]cc(C3CCN(C)CC3)c2c1.Cn1c(=O)c2c(ncn2C)n(C)c1=O. The lowest BCUT2D eigenvalue weighted by Gasteiger charge is -2.28. The Balaban J connectivity index is 0.000000183. The normalized spacial score (nSPS) is 14.6. The molecule has 3 N–H and O–H groups in total. The summed E-state index contributed by atoms with van der Waals surface area (Å²) in [7, 11) is 5.25. The largest absolute Gasteiger partial charge is 0.481 e. The Bertz CT molecular complexity index is 2210. The van der Waals surface area contributed by atoms with Crippen LogP contribution in [0.25, 0.3) is 22.1 Å². The number of imidazole rings is 1. The van der Waals surface area contributed by atoms with Crippen LogP contribution in [0, 0.1) is 5.92 Å². The molecule has 1 saturated heterocycles. The van der Waals surface area contributed by atoms with Crippen molar-refractivity contribution in [3.63, 3.8) is 0 Å². The van der Waals surface area contributed by atoms with E-state index in [0.717, 1.165) is 40.7 Å². The van der Waals surface area contributed by atoms with Crippen molar-refractivity contribution in [3.8, 4) is 0 Å². The van der Waals surface area contributed by atoms with Crippen LogP contribution in [0.15, 0.2) is 64.6 Å². The molecule has 282 valence electrons. The van der Waals surface area contributed by atoms with Gasteiger partial charge in [0.25, 0.3) is 5.56 Å². The number of carboxylic acids is 1. The van der Waals surface area contributed by atoms with Crippen LogP contribution in [0.5, 0.6) is 0 Å². The minimum absolute atomic E-state index is 0.128. The maximum atomic E-state index is 11.7. The predicted octanol–water partition coefficient (Wildman–Crippen LogP) is 4.11. The molecule has 52 heavy (non-hydrogen) atoms. The number of benzene rings is 2. The van der Waals surface area contributed by atoms with Crippen molar-refractivity contribution in [2.24, 2.45) is 27.1 Å². The van der Waals surface area contributed by atoms with Crippen LogP contribution in [0.1, 0.15) is 67.7 Å². The Morgan fingerprint density at radius 1 is 0.981 bits per heavy atom. The van der Waals surface area contributed by atoms with E-state index in [2.05, 4.69) is 58.8 Å². The minimum atomic E-state index is -3.16. The van der Waals surface area contributed by atoms with E-state index >= 15 is 0 Å². The standard InChI is InChI=1S/C17H25N3O2S.C13H18O2.C8H10N4O2/c1-18-23(21,22)10-7-13-3-4-17-15(11-13)16(12-19-17)14-5-8-20(2)9-6-14;1-9(2)8-11-4-6-12(7-5-11)10(3)13(14)15;1-10-4-9-6-5(10)7(13)12(3)8(14)11(6)2/h3-4,11-12,14,18-19H,5-10H2,1-2H3;4-7,9-10H,8H2,1-3H3,(H,14,15);4H,1-3H3. The Kier molecular flexibility index (Phi) is 13.4. The van der Waals surface area contributed by atoms with Gasteiger partial charge in [0.1, 0.15) is 0 Å². The summed E-state index contributed by atoms with van der Waals surface area (Å²) in [5.74, 6) is 0.164. The number of aliphatic carboxylic acids is 1. The summed E-state index contributed by atoms with van der Waals surface area (Å²) in [6.07, 6.45) is 7.60. The van der Waals surface area contributed by atoms with Gasteiger partial charge in [-0.15, -0.1) is 0 Å². The van der Waals surface area contributed by atoms with Crippen LogP contribution >= 0.6 is 0 Å². The second kappa shape index (κ2) is 17.3. The highest BCUT2D eigenvalue weighted by Crippen LogP contribution is 2.33. The number of likely N-dealkylation sites (tertiary alicyclic amines) is 1. The van der Waals surface area contributed by atoms with Crippen LogP contribution in [-0.2, 0) is 48.8 Å². The number of aromatic nitrogens is 5. The van der Waals surface area contributed by atoms with E-state index in [1.165, 1.54) is 54.3 Å². The number of fused-ring (bicyclic) bond motifs is 2. The summed E-state index contributed by atoms with van der Waals surface area (Å²) < 4.78 is 29.6. The number of piperidine rings is 1. The van der Waals surface area contributed by atoms with Gasteiger partial charge < -0.3 is 19.6 Å². The van der Waals surface area contributed by atoms with Gasteiger partial charge in [0.15, 0.2) is 11.2 Å². The Hall–Kier alpha value is -4.53. The summed E-state index contributed by atoms with van der Waals surface area (Å²) in [5.41, 5.74) is 5.91. The van der Waals surface area contributed by atoms with Crippen molar-refractivity contribution in [3.05, 3.63) is 98.1 Å². The smallest absolute Gasteiger partial charge is 0.332 e. The summed E-state index contributed by atoms with van der Waals surface area (Å²) in [6.45, 7) is 8.33. The Labute approximate surface area is 305 Å². The topological polar surface area (TPSA) is 164 Å². The predicted molar refractivity (Wildman–Crippen MR) is 207 cm³/mol. The molecule has 13 nitrogen and oxygen atoms in total. The highest BCUT2D eigenvalue weighted by atomic mass is 32.2. The first-order valence-corrected chi connectivity index (χ1v) is 19.3. The van der Waals surface area contributed by atoms with Crippen molar-refractivity contribution in [1.82, 2.24) is 33.3 Å². The molecule has 1 unspecified atom stereocenters. The van der Waals surface area contributed by atoms with E-state index in [4.69, 9.17) is 5.11 Å². The number of nitrogens with zero attached hydrogens (tertiary/aromatic N) is 5. The first kappa shape index (κ1) is 40.2. The van der Waals surface area contributed by atoms with Crippen LogP contribution in [0.4, 0.5) is 0 Å². The molecule has 0 bridgehead atoms. The fraction of sp³-hybridized carbons (Fsp3) is 0.474. The van der Waals surface area contributed by atoms with Gasteiger partial charge in [0.05, 0.1) is 18.0 Å². The molecule has 1 fully saturated rings. The van der Waals surface area contributed by atoms with Crippen molar-refractivity contribution >= 4 is 38.1 Å². The van der Waals surface area contributed by atoms with Crippen LogP contribution < -0.4 is 16.0 Å². The first-order valence-electron chi connectivity index (χ1n) is 17.6. The van der Waals surface area contributed by atoms with E-state index in [1.54, 1.807) is 25.6 Å². The molecule has 1 aliphatic heterocycles. The molecule has 0 spiro atoms. The minimum Gasteiger partial charge on any atom is -0.481 e. The molecule has 1 aliphatic rings. The molecule has 0 aliphatic carbocycles. The second-order valence-corrected chi connectivity index (χ2v) is 16.2. The third-order valence-corrected chi connectivity index (χ3v) is 11.1. The van der Waals surface area contributed by atoms with Gasteiger partial charge in [-0.2, -0.15) is 0 Å².